The summed E-state index contributed by atoms with van der Waals surface area (Å²) in [6, 6.07) is 4.72. The second-order valence-electron chi connectivity index (χ2n) is 5.74. The summed E-state index contributed by atoms with van der Waals surface area (Å²) >= 11 is 1.30. The lowest BCUT2D eigenvalue weighted by Crippen LogP contribution is -2.21. The van der Waals surface area contributed by atoms with Crippen LogP contribution in [0.2, 0.25) is 0 Å². The van der Waals surface area contributed by atoms with E-state index in [2.05, 4.69) is 5.32 Å². The highest BCUT2D eigenvalue weighted by atomic mass is 32.1. The van der Waals surface area contributed by atoms with Crippen LogP contribution in [-0.2, 0) is 9.53 Å². The number of rotatable bonds is 7. The molecule has 0 atom stereocenters. The Kier molecular flexibility index (Phi) is 6.57. The Hall–Kier alpha value is -2.87. The van der Waals surface area contributed by atoms with Crippen LogP contribution >= 0.6 is 11.3 Å². The maximum absolute atomic E-state index is 12.3. The largest absolute Gasteiger partial charge is 0.493 e. The molecule has 0 fully saturated rings. The lowest BCUT2D eigenvalue weighted by atomic mass is 10.1. The molecule has 2 aromatic rings. The summed E-state index contributed by atoms with van der Waals surface area (Å²) in [4.78, 5) is 36.6. The molecule has 1 aromatic carbocycles. The van der Waals surface area contributed by atoms with Crippen LogP contribution in [0.25, 0.3) is 0 Å². The van der Waals surface area contributed by atoms with Gasteiger partial charge in [-0.05, 0) is 44.5 Å². The number of ketones is 1. The quantitative estimate of drug-likeness (QED) is 0.575. The van der Waals surface area contributed by atoms with Crippen molar-refractivity contribution in [1.29, 1.82) is 0 Å². The van der Waals surface area contributed by atoms with Crippen molar-refractivity contribution in [2.45, 2.75) is 20.8 Å². The number of hydrogen-bond donors (Lipinski definition) is 1. The van der Waals surface area contributed by atoms with Crippen LogP contribution in [0.5, 0.6) is 11.5 Å². The van der Waals surface area contributed by atoms with Crippen molar-refractivity contribution in [3.63, 3.8) is 0 Å². The Bertz CT molecular complexity index is 887. The standard InChI is InChI=1S/C19H21NO6S/c1-10-12(3)27-18(17(10)19(23)25-5)20-16(22)9-26-14-7-6-13(11(2)21)8-15(14)24-4/h6-8H,9H2,1-5H3,(H,20,22). The van der Waals surface area contributed by atoms with Crippen LogP contribution in [0.3, 0.4) is 0 Å². The van der Waals surface area contributed by atoms with Gasteiger partial charge in [-0.1, -0.05) is 0 Å². The topological polar surface area (TPSA) is 90.9 Å². The molecule has 0 spiro atoms. The van der Waals surface area contributed by atoms with E-state index in [1.165, 1.54) is 32.5 Å². The number of esters is 1. The summed E-state index contributed by atoms with van der Waals surface area (Å²) in [7, 11) is 2.74. The zero-order chi connectivity index (χ0) is 20.1. The fraction of sp³-hybridized carbons (Fsp3) is 0.316. The third kappa shape index (κ3) is 4.65. The molecule has 0 saturated heterocycles. The van der Waals surface area contributed by atoms with Gasteiger partial charge in [0.1, 0.15) is 5.00 Å². The average Bonchev–Trinajstić information content (AvgIpc) is 2.92. The van der Waals surface area contributed by atoms with Gasteiger partial charge in [0, 0.05) is 10.4 Å². The predicted octanol–water partition coefficient (Wildman–Crippen LogP) is 3.38. The van der Waals surface area contributed by atoms with E-state index in [0.717, 1.165) is 10.4 Å². The number of Topliss-reactive ketones (excluding diaryl/α,β-unsaturated/α-hetero) is 1. The predicted molar refractivity (Wildman–Crippen MR) is 102 cm³/mol. The monoisotopic (exact) mass is 391 g/mol. The molecule has 0 aliphatic rings. The number of thiophene rings is 1. The van der Waals surface area contributed by atoms with Gasteiger partial charge in [0.15, 0.2) is 23.9 Å². The van der Waals surface area contributed by atoms with Crippen LogP contribution in [-0.4, -0.2) is 38.5 Å². The number of aryl methyl sites for hydroxylation is 1. The van der Waals surface area contributed by atoms with Crippen LogP contribution in [0.4, 0.5) is 5.00 Å². The molecule has 0 aliphatic carbocycles. The first-order valence-corrected chi connectivity index (χ1v) is 8.90. The average molecular weight is 391 g/mol. The molecule has 0 bridgehead atoms. The molecule has 7 nitrogen and oxygen atoms in total. The van der Waals surface area contributed by atoms with E-state index in [0.29, 0.717) is 27.6 Å². The molecule has 0 radical (unpaired) electrons. The zero-order valence-corrected chi connectivity index (χ0v) is 16.6. The molecule has 2 rings (SSSR count). The van der Waals surface area contributed by atoms with Crippen LogP contribution in [0.1, 0.15) is 38.1 Å². The second kappa shape index (κ2) is 8.68. The van der Waals surface area contributed by atoms with Gasteiger partial charge in [-0.2, -0.15) is 0 Å². The second-order valence-corrected chi connectivity index (χ2v) is 6.96. The summed E-state index contributed by atoms with van der Waals surface area (Å²) in [6.07, 6.45) is 0. The molecule has 8 heteroatoms. The Balaban J connectivity index is 2.11. The number of hydrogen-bond acceptors (Lipinski definition) is 7. The summed E-state index contributed by atoms with van der Waals surface area (Å²) in [5, 5.41) is 3.10. The zero-order valence-electron chi connectivity index (χ0n) is 15.8. The summed E-state index contributed by atoms with van der Waals surface area (Å²) in [5.74, 6) is -0.344. The van der Waals surface area contributed by atoms with Crippen molar-refractivity contribution in [1.82, 2.24) is 0 Å². The fourth-order valence-corrected chi connectivity index (χ4v) is 3.44. The number of ether oxygens (including phenoxy) is 3. The molecule has 0 aliphatic heterocycles. The lowest BCUT2D eigenvalue weighted by Gasteiger charge is -2.12. The Morgan fingerprint density at radius 3 is 2.41 bits per heavy atom. The highest BCUT2D eigenvalue weighted by Gasteiger charge is 2.22. The van der Waals surface area contributed by atoms with Crippen molar-refractivity contribution in [3.8, 4) is 11.5 Å². The van der Waals surface area contributed by atoms with E-state index in [-0.39, 0.29) is 12.4 Å². The van der Waals surface area contributed by atoms with Gasteiger partial charge in [-0.15, -0.1) is 11.3 Å². The van der Waals surface area contributed by atoms with Crippen LogP contribution in [0, 0.1) is 13.8 Å². The molecule has 1 N–H and O–H groups in total. The Morgan fingerprint density at radius 2 is 1.81 bits per heavy atom. The maximum atomic E-state index is 12.3. The number of methoxy groups -OCH3 is 2. The molecule has 0 unspecified atom stereocenters. The van der Waals surface area contributed by atoms with E-state index >= 15 is 0 Å². The maximum Gasteiger partial charge on any atom is 0.341 e. The first-order chi connectivity index (χ1) is 12.8. The van der Waals surface area contributed by atoms with Crippen molar-refractivity contribution >= 4 is 34.0 Å². The SMILES string of the molecule is COC(=O)c1c(NC(=O)COc2ccc(C(C)=O)cc2OC)sc(C)c1C. The van der Waals surface area contributed by atoms with Crippen molar-refractivity contribution in [3.05, 3.63) is 39.8 Å². The highest BCUT2D eigenvalue weighted by Crippen LogP contribution is 2.33. The number of amides is 1. The highest BCUT2D eigenvalue weighted by molar-refractivity contribution is 7.16. The minimum atomic E-state index is -0.505. The molecule has 1 amide bonds. The van der Waals surface area contributed by atoms with E-state index in [9.17, 15) is 14.4 Å². The Labute approximate surface area is 161 Å². The number of anilines is 1. The van der Waals surface area contributed by atoms with Gasteiger partial charge in [0.05, 0.1) is 19.8 Å². The van der Waals surface area contributed by atoms with Gasteiger partial charge in [0.2, 0.25) is 0 Å². The normalized spacial score (nSPS) is 10.3. The van der Waals surface area contributed by atoms with Crippen LogP contribution in [0.15, 0.2) is 18.2 Å². The van der Waals surface area contributed by atoms with E-state index in [1.807, 2.05) is 6.92 Å². The number of carbonyl (C=O) groups excluding carboxylic acids is 3. The summed E-state index contributed by atoms with van der Waals surface area (Å²) in [6.45, 7) is 4.82. The van der Waals surface area contributed by atoms with Gasteiger partial charge in [-0.25, -0.2) is 4.79 Å². The van der Waals surface area contributed by atoms with Crippen molar-refractivity contribution in [2.24, 2.45) is 0 Å². The summed E-state index contributed by atoms with van der Waals surface area (Å²) in [5.41, 5.74) is 1.59. The third-order valence-corrected chi connectivity index (χ3v) is 5.08. The number of benzene rings is 1. The number of carbonyl (C=O) groups is 3. The van der Waals surface area contributed by atoms with Crippen molar-refractivity contribution in [2.75, 3.05) is 26.1 Å². The van der Waals surface area contributed by atoms with Gasteiger partial charge in [-0.3, -0.25) is 9.59 Å². The molecule has 1 heterocycles. The van der Waals surface area contributed by atoms with Gasteiger partial charge < -0.3 is 19.5 Å². The smallest absolute Gasteiger partial charge is 0.341 e. The molecular formula is C19H21NO6S. The third-order valence-electron chi connectivity index (χ3n) is 3.96. The minimum absolute atomic E-state index is 0.101. The molecule has 0 saturated carbocycles. The minimum Gasteiger partial charge on any atom is -0.493 e. The number of nitrogens with one attached hydrogen (secondary N) is 1. The van der Waals surface area contributed by atoms with Gasteiger partial charge in [0.25, 0.3) is 5.91 Å². The van der Waals surface area contributed by atoms with E-state index < -0.39 is 11.9 Å². The first kappa shape index (κ1) is 20.4. The molecular weight excluding hydrogens is 370 g/mol. The first-order valence-electron chi connectivity index (χ1n) is 8.08. The molecule has 27 heavy (non-hydrogen) atoms. The van der Waals surface area contributed by atoms with Gasteiger partial charge >= 0.3 is 5.97 Å². The van der Waals surface area contributed by atoms with Crippen LogP contribution < -0.4 is 14.8 Å². The fourth-order valence-electron chi connectivity index (χ4n) is 2.37. The van der Waals surface area contributed by atoms with E-state index in [4.69, 9.17) is 14.2 Å². The molecule has 1 aromatic heterocycles. The van der Waals surface area contributed by atoms with Crippen molar-refractivity contribution < 1.29 is 28.6 Å². The Morgan fingerprint density at radius 1 is 1.11 bits per heavy atom. The molecule has 144 valence electrons. The summed E-state index contributed by atoms with van der Waals surface area (Å²) < 4.78 is 15.5. The lowest BCUT2D eigenvalue weighted by molar-refractivity contribution is -0.118. The van der Waals surface area contributed by atoms with E-state index in [1.54, 1.807) is 25.1 Å².